The van der Waals surface area contributed by atoms with E-state index in [4.69, 9.17) is 15.3 Å². The van der Waals surface area contributed by atoms with Gasteiger partial charge in [-0.15, -0.1) is 0 Å². The topological polar surface area (TPSA) is 158 Å². The van der Waals surface area contributed by atoms with Crippen molar-refractivity contribution in [3.05, 3.63) is 47.5 Å². The molecule has 1 aromatic carbocycles. The van der Waals surface area contributed by atoms with E-state index in [1.807, 2.05) is 0 Å². The zero-order valence-corrected chi connectivity index (χ0v) is 18.0. The molecule has 0 bridgehead atoms. The number of imidazole rings is 1. The third-order valence-electron chi connectivity index (χ3n) is 5.14. The SMILES string of the molecule is CONc1nc(C#Cc2cccc(C(F)(F)F)c2)nc2c1ncn2[C@@H]1O[C@@H](CC(N)=O)[C@@H](O)[C@H]1O. The highest BCUT2D eigenvalue weighted by atomic mass is 19.4. The molecule has 4 atom stereocenters. The van der Waals surface area contributed by atoms with E-state index in [1.54, 1.807) is 0 Å². The van der Waals surface area contributed by atoms with Crippen LogP contribution >= 0.6 is 0 Å². The number of hydrogen-bond donors (Lipinski definition) is 4. The number of aliphatic hydroxyl groups is 2. The Morgan fingerprint density at radius 3 is 2.74 bits per heavy atom. The molecule has 11 nitrogen and oxygen atoms in total. The summed E-state index contributed by atoms with van der Waals surface area (Å²) in [4.78, 5) is 28.8. The predicted octanol–water partition coefficient (Wildman–Crippen LogP) is 0.713. The van der Waals surface area contributed by atoms with Crippen molar-refractivity contribution in [2.24, 2.45) is 5.73 Å². The summed E-state index contributed by atoms with van der Waals surface area (Å²) in [7, 11) is 1.33. The van der Waals surface area contributed by atoms with Gasteiger partial charge in [-0.3, -0.25) is 14.2 Å². The monoisotopic (exact) mass is 492 g/mol. The molecule has 0 spiro atoms. The fourth-order valence-electron chi connectivity index (χ4n) is 3.55. The lowest BCUT2D eigenvalue weighted by Gasteiger charge is -2.16. The van der Waals surface area contributed by atoms with Crippen LogP contribution in [0.5, 0.6) is 0 Å². The predicted molar refractivity (Wildman–Crippen MR) is 113 cm³/mol. The zero-order chi connectivity index (χ0) is 25.3. The number of carbonyl (C=O) groups excluding carboxylic acids is 1. The van der Waals surface area contributed by atoms with Gasteiger partial charge in [-0.05, 0) is 24.1 Å². The lowest BCUT2D eigenvalue weighted by atomic mass is 10.1. The summed E-state index contributed by atoms with van der Waals surface area (Å²) in [6.45, 7) is 0. The summed E-state index contributed by atoms with van der Waals surface area (Å²) in [6, 6.07) is 4.46. The van der Waals surface area contributed by atoms with Crippen LogP contribution in [0.4, 0.5) is 19.0 Å². The van der Waals surface area contributed by atoms with Gasteiger partial charge in [-0.25, -0.2) is 15.4 Å². The van der Waals surface area contributed by atoms with Crippen molar-refractivity contribution in [3.63, 3.8) is 0 Å². The Balaban J connectivity index is 1.73. The van der Waals surface area contributed by atoms with Crippen LogP contribution in [-0.2, 0) is 20.5 Å². The minimum atomic E-state index is -4.52. The molecule has 35 heavy (non-hydrogen) atoms. The number of halogens is 3. The number of primary amides is 1. The van der Waals surface area contributed by atoms with Crippen molar-refractivity contribution in [1.29, 1.82) is 0 Å². The quantitative estimate of drug-likeness (QED) is 0.297. The van der Waals surface area contributed by atoms with Crippen LogP contribution < -0.4 is 11.2 Å². The first-order valence-corrected chi connectivity index (χ1v) is 10.1. The Morgan fingerprint density at radius 1 is 1.29 bits per heavy atom. The van der Waals surface area contributed by atoms with Gasteiger partial charge in [0.2, 0.25) is 11.7 Å². The number of fused-ring (bicyclic) bond motifs is 1. The Hall–Kier alpha value is -3.77. The molecule has 4 rings (SSSR count). The van der Waals surface area contributed by atoms with Crippen LogP contribution in [0.2, 0.25) is 0 Å². The number of aromatic nitrogens is 4. The number of rotatable bonds is 5. The summed E-state index contributed by atoms with van der Waals surface area (Å²) in [5.41, 5.74) is 7.24. The fourth-order valence-corrected chi connectivity index (χ4v) is 3.55. The van der Waals surface area contributed by atoms with Gasteiger partial charge in [0.05, 0.1) is 31.5 Å². The number of anilines is 1. The normalized spacial score (nSPS) is 22.1. The molecule has 3 aromatic rings. The van der Waals surface area contributed by atoms with Crippen molar-refractivity contribution >= 4 is 22.9 Å². The number of hydrogen-bond acceptors (Lipinski definition) is 9. The van der Waals surface area contributed by atoms with Crippen LogP contribution in [0.3, 0.4) is 0 Å². The molecule has 14 heteroatoms. The number of nitrogens with two attached hydrogens (primary N) is 1. The Bertz CT molecular complexity index is 1320. The summed E-state index contributed by atoms with van der Waals surface area (Å²) >= 11 is 0. The van der Waals surface area contributed by atoms with E-state index in [0.717, 1.165) is 12.1 Å². The number of alkyl halides is 3. The third-order valence-corrected chi connectivity index (χ3v) is 5.14. The standard InChI is InChI=1S/C21H19F3N6O5/c1-34-29-18-15-19(30(9-26-15)20-17(33)16(32)12(35-20)8-13(25)31)28-14(27-18)6-5-10-3-2-4-11(7-10)21(22,23)24/h2-4,7,9,12,16-17,20,32-33H,8H2,1H3,(H2,25,31)(H,27,28,29)/t12-,16+,17+,20+/m0/s1. The molecule has 0 aliphatic carbocycles. The molecule has 1 saturated heterocycles. The molecule has 0 unspecified atom stereocenters. The van der Waals surface area contributed by atoms with Gasteiger partial charge < -0.3 is 20.7 Å². The van der Waals surface area contributed by atoms with E-state index < -0.39 is 42.2 Å². The molecule has 1 aliphatic rings. The average Bonchev–Trinajstić information content (AvgIpc) is 3.33. The summed E-state index contributed by atoms with van der Waals surface area (Å²) < 4.78 is 45.9. The second-order valence-corrected chi connectivity index (χ2v) is 7.57. The van der Waals surface area contributed by atoms with Crippen LogP contribution in [-0.4, -0.2) is 61.1 Å². The third kappa shape index (κ3) is 5.03. The largest absolute Gasteiger partial charge is 0.416 e. The van der Waals surface area contributed by atoms with Gasteiger partial charge >= 0.3 is 6.18 Å². The molecule has 1 fully saturated rings. The Labute approximate surface area is 195 Å². The van der Waals surface area contributed by atoms with Crippen LogP contribution in [0, 0.1) is 11.8 Å². The number of amides is 1. The van der Waals surface area contributed by atoms with Gasteiger partial charge in [-0.2, -0.15) is 18.2 Å². The van der Waals surface area contributed by atoms with Gasteiger partial charge in [0, 0.05) is 5.56 Å². The van der Waals surface area contributed by atoms with Gasteiger partial charge in [-0.1, -0.05) is 12.0 Å². The zero-order valence-electron chi connectivity index (χ0n) is 18.0. The minimum absolute atomic E-state index is 0.0882. The first-order valence-electron chi connectivity index (χ1n) is 10.1. The van der Waals surface area contributed by atoms with Gasteiger partial charge in [0.15, 0.2) is 23.2 Å². The van der Waals surface area contributed by atoms with Crippen molar-refractivity contribution in [1.82, 2.24) is 19.5 Å². The van der Waals surface area contributed by atoms with Gasteiger partial charge in [0.25, 0.3) is 0 Å². The molecular weight excluding hydrogens is 473 g/mol. The van der Waals surface area contributed by atoms with Crippen LogP contribution in [0.25, 0.3) is 11.2 Å². The number of nitrogens with zero attached hydrogens (tertiary/aromatic N) is 4. The maximum absolute atomic E-state index is 13.0. The number of ether oxygens (including phenoxy) is 1. The Morgan fingerprint density at radius 2 is 2.06 bits per heavy atom. The second-order valence-electron chi connectivity index (χ2n) is 7.57. The van der Waals surface area contributed by atoms with E-state index in [0.29, 0.717) is 0 Å². The average molecular weight is 492 g/mol. The first-order chi connectivity index (χ1) is 16.6. The molecule has 184 valence electrons. The molecule has 1 aliphatic heterocycles. The summed E-state index contributed by atoms with van der Waals surface area (Å²) in [6.07, 6.45) is -8.63. The van der Waals surface area contributed by atoms with E-state index in [9.17, 15) is 28.2 Å². The number of nitrogens with one attached hydrogen (secondary N) is 1. The van der Waals surface area contributed by atoms with E-state index in [1.165, 1.54) is 30.1 Å². The van der Waals surface area contributed by atoms with Crippen molar-refractivity contribution in [3.8, 4) is 11.8 Å². The summed E-state index contributed by atoms with van der Waals surface area (Å²) in [5.74, 6) is 4.46. The van der Waals surface area contributed by atoms with Crippen LogP contribution in [0.1, 0.15) is 29.6 Å². The number of aliphatic hydroxyl groups excluding tert-OH is 2. The van der Waals surface area contributed by atoms with Crippen LogP contribution in [0.15, 0.2) is 30.6 Å². The minimum Gasteiger partial charge on any atom is -0.388 e. The molecule has 5 N–H and O–H groups in total. The van der Waals surface area contributed by atoms with Crippen molar-refractivity contribution in [2.45, 2.75) is 37.1 Å². The van der Waals surface area contributed by atoms with Gasteiger partial charge in [0.1, 0.15) is 12.2 Å². The Kier molecular flexibility index (Phi) is 6.59. The van der Waals surface area contributed by atoms with Crippen molar-refractivity contribution in [2.75, 3.05) is 12.6 Å². The second kappa shape index (κ2) is 9.47. The highest BCUT2D eigenvalue weighted by Crippen LogP contribution is 2.34. The highest BCUT2D eigenvalue weighted by Gasteiger charge is 2.45. The molecule has 2 aromatic heterocycles. The molecule has 0 saturated carbocycles. The lowest BCUT2D eigenvalue weighted by Crippen LogP contribution is -2.33. The maximum Gasteiger partial charge on any atom is 0.416 e. The molecule has 1 amide bonds. The first kappa shape index (κ1) is 24.4. The van der Waals surface area contributed by atoms with Crippen molar-refractivity contribution < 1.29 is 37.8 Å². The molecule has 0 radical (unpaired) electrons. The molecular formula is C21H19F3N6O5. The number of carbonyl (C=O) groups is 1. The van der Waals surface area contributed by atoms with E-state index in [2.05, 4.69) is 32.3 Å². The smallest absolute Gasteiger partial charge is 0.388 e. The number of benzene rings is 1. The fraction of sp³-hybridized carbons (Fsp3) is 0.333. The molecule has 3 heterocycles. The lowest BCUT2D eigenvalue weighted by molar-refractivity contribution is -0.137. The van der Waals surface area contributed by atoms with E-state index in [-0.39, 0.29) is 34.8 Å². The van der Waals surface area contributed by atoms with E-state index >= 15 is 0 Å². The maximum atomic E-state index is 13.0. The summed E-state index contributed by atoms with van der Waals surface area (Å²) in [5, 5.41) is 20.7. The highest BCUT2D eigenvalue weighted by molar-refractivity contribution is 5.83.